The maximum Gasteiger partial charge on any atom is 0.263 e. The fraction of sp³-hybridized carbons (Fsp3) is 0.650. The molecule has 0 aliphatic carbocycles. The van der Waals surface area contributed by atoms with Crippen LogP contribution in [0, 0.1) is 0 Å². The number of nitrogens with zero attached hydrogens (tertiary/aromatic N) is 4. The third-order valence-corrected chi connectivity index (χ3v) is 8.00. The van der Waals surface area contributed by atoms with Gasteiger partial charge in [0, 0.05) is 24.1 Å². The van der Waals surface area contributed by atoms with Gasteiger partial charge in [0.25, 0.3) is 5.56 Å². The molecule has 3 aromatic heterocycles. The van der Waals surface area contributed by atoms with E-state index in [4.69, 9.17) is 4.74 Å². The van der Waals surface area contributed by atoms with Gasteiger partial charge in [-0.05, 0) is 25.3 Å². The number of unbranched alkanes of at least 4 members (excludes halogenated alkanes) is 3. The summed E-state index contributed by atoms with van der Waals surface area (Å²) in [6.45, 7) is 7.08. The molecule has 28 heavy (non-hydrogen) atoms. The Morgan fingerprint density at radius 2 is 2.07 bits per heavy atom. The molecule has 0 amide bonds. The van der Waals surface area contributed by atoms with Crippen molar-refractivity contribution in [2.75, 3.05) is 5.75 Å². The Morgan fingerprint density at radius 1 is 1.25 bits per heavy atom. The van der Waals surface area contributed by atoms with E-state index in [1.54, 1.807) is 34.7 Å². The summed E-state index contributed by atoms with van der Waals surface area (Å²) in [7, 11) is 1.80. The second kappa shape index (κ2) is 7.80. The molecule has 1 atom stereocenters. The van der Waals surface area contributed by atoms with Gasteiger partial charge in [0.1, 0.15) is 4.83 Å². The molecule has 1 aliphatic heterocycles. The van der Waals surface area contributed by atoms with Crippen LogP contribution in [0.1, 0.15) is 63.3 Å². The number of hydrogen-bond donors (Lipinski definition) is 0. The molecule has 1 aliphatic rings. The monoisotopic (exact) mass is 420 g/mol. The van der Waals surface area contributed by atoms with E-state index in [-0.39, 0.29) is 11.2 Å². The number of hydrogen-bond acceptors (Lipinski definition) is 6. The Morgan fingerprint density at radius 3 is 2.82 bits per heavy atom. The molecular formula is C20H28N4O2S2. The normalized spacial score (nSPS) is 19.6. The third-order valence-electron chi connectivity index (χ3n) is 5.79. The van der Waals surface area contributed by atoms with Crippen molar-refractivity contribution in [3.8, 4) is 0 Å². The van der Waals surface area contributed by atoms with Gasteiger partial charge in [0.05, 0.1) is 17.6 Å². The largest absolute Gasteiger partial charge is 0.369 e. The zero-order valence-electron chi connectivity index (χ0n) is 17.1. The van der Waals surface area contributed by atoms with E-state index < -0.39 is 0 Å². The molecule has 0 aromatic carbocycles. The highest BCUT2D eigenvalue weighted by Crippen LogP contribution is 2.39. The Hall–Kier alpha value is -1.38. The highest BCUT2D eigenvalue weighted by molar-refractivity contribution is 7.99. The topological polar surface area (TPSA) is 61.4 Å². The average Bonchev–Trinajstić information content (AvgIpc) is 3.27. The molecule has 0 bridgehead atoms. The van der Waals surface area contributed by atoms with E-state index >= 15 is 0 Å². The third kappa shape index (κ3) is 3.29. The smallest absolute Gasteiger partial charge is 0.263 e. The quantitative estimate of drug-likeness (QED) is 0.414. The number of fused-ring (bicyclic) bond motifs is 5. The summed E-state index contributed by atoms with van der Waals surface area (Å²) in [5.41, 5.74) is 0.975. The number of rotatable bonds is 7. The zero-order chi connectivity index (χ0) is 19.9. The number of aromatic nitrogens is 4. The Balaban J connectivity index is 1.80. The predicted octanol–water partition coefficient (Wildman–Crippen LogP) is 4.56. The van der Waals surface area contributed by atoms with E-state index in [1.165, 1.54) is 25.7 Å². The van der Waals surface area contributed by atoms with Crippen molar-refractivity contribution in [2.45, 2.75) is 76.7 Å². The minimum absolute atomic E-state index is 0.0206. The predicted molar refractivity (Wildman–Crippen MR) is 116 cm³/mol. The summed E-state index contributed by atoms with van der Waals surface area (Å²) in [5, 5.41) is 10.4. The standard InChI is InChI=1S/C20H28N4O2S2/c1-5-7-8-9-10-27-19-22-21-18-23(4)16(25)15-13-11-20(3,6-2)26-12-14(13)28-17(15)24(18)19/h5-12H2,1-4H3/t20-/m0/s1. The molecular weight excluding hydrogens is 392 g/mol. The maximum absolute atomic E-state index is 13.2. The number of aryl methyl sites for hydroxylation is 1. The van der Waals surface area contributed by atoms with Crippen LogP contribution >= 0.6 is 23.1 Å². The van der Waals surface area contributed by atoms with Gasteiger partial charge in [-0.1, -0.05) is 44.9 Å². The second-order valence-corrected chi connectivity index (χ2v) is 9.99. The van der Waals surface area contributed by atoms with Gasteiger partial charge < -0.3 is 4.74 Å². The molecule has 3 aromatic rings. The highest BCUT2D eigenvalue weighted by atomic mass is 32.2. The van der Waals surface area contributed by atoms with Crippen LogP contribution in [-0.4, -0.2) is 30.5 Å². The summed E-state index contributed by atoms with van der Waals surface area (Å²) in [6.07, 6.45) is 6.63. The van der Waals surface area contributed by atoms with Crippen molar-refractivity contribution >= 4 is 39.1 Å². The summed E-state index contributed by atoms with van der Waals surface area (Å²) >= 11 is 3.40. The van der Waals surface area contributed by atoms with Gasteiger partial charge in [-0.2, -0.15) is 0 Å². The average molecular weight is 421 g/mol. The first-order chi connectivity index (χ1) is 13.5. The van der Waals surface area contributed by atoms with E-state index in [0.717, 1.165) is 44.4 Å². The molecule has 152 valence electrons. The lowest BCUT2D eigenvalue weighted by molar-refractivity contribution is -0.0543. The Kier molecular flexibility index (Phi) is 5.55. The molecule has 6 nitrogen and oxygen atoms in total. The first-order valence-corrected chi connectivity index (χ1v) is 11.9. The molecule has 0 radical (unpaired) electrons. The van der Waals surface area contributed by atoms with E-state index in [9.17, 15) is 4.79 Å². The molecule has 8 heteroatoms. The number of thiophene rings is 1. The van der Waals surface area contributed by atoms with Crippen LogP contribution in [0.4, 0.5) is 0 Å². The fourth-order valence-electron chi connectivity index (χ4n) is 3.77. The summed E-state index contributed by atoms with van der Waals surface area (Å²) in [4.78, 5) is 15.3. The van der Waals surface area contributed by atoms with Crippen LogP contribution in [0.15, 0.2) is 9.95 Å². The molecule has 0 unspecified atom stereocenters. The molecule has 0 saturated carbocycles. The lowest BCUT2D eigenvalue weighted by Gasteiger charge is -2.32. The van der Waals surface area contributed by atoms with Crippen molar-refractivity contribution in [3.63, 3.8) is 0 Å². The summed E-state index contributed by atoms with van der Waals surface area (Å²) < 4.78 is 9.84. The van der Waals surface area contributed by atoms with Crippen LogP contribution < -0.4 is 5.56 Å². The van der Waals surface area contributed by atoms with Crippen molar-refractivity contribution in [2.24, 2.45) is 7.05 Å². The van der Waals surface area contributed by atoms with Gasteiger partial charge in [-0.15, -0.1) is 21.5 Å². The lowest BCUT2D eigenvalue weighted by Crippen LogP contribution is -2.34. The molecule has 4 heterocycles. The molecule has 0 fully saturated rings. The zero-order valence-corrected chi connectivity index (χ0v) is 18.7. The Bertz CT molecular complexity index is 1070. The van der Waals surface area contributed by atoms with Gasteiger partial charge in [0.15, 0.2) is 5.16 Å². The van der Waals surface area contributed by atoms with E-state index in [2.05, 4.69) is 35.4 Å². The van der Waals surface area contributed by atoms with Crippen molar-refractivity contribution in [1.29, 1.82) is 0 Å². The second-order valence-electron chi connectivity index (χ2n) is 7.84. The van der Waals surface area contributed by atoms with Crippen molar-refractivity contribution in [3.05, 3.63) is 20.8 Å². The minimum atomic E-state index is -0.203. The van der Waals surface area contributed by atoms with Crippen LogP contribution in [0.25, 0.3) is 16.0 Å². The molecule has 0 spiro atoms. The summed E-state index contributed by atoms with van der Waals surface area (Å²) in [5.74, 6) is 1.64. The first-order valence-electron chi connectivity index (χ1n) is 10.1. The summed E-state index contributed by atoms with van der Waals surface area (Å²) in [6, 6.07) is 0. The fourth-order valence-corrected chi connectivity index (χ4v) is 5.98. The number of ether oxygens (including phenoxy) is 1. The maximum atomic E-state index is 13.2. The Labute approximate surface area is 173 Å². The first kappa shape index (κ1) is 19.9. The van der Waals surface area contributed by atoms with Gasteiger partial charge in [0.2, 0.25) is 5.78 Å². The minimum Gasteiger partial charge on any atom is -0.369 e. The molecule has 0 N–H and O–H groups in total. The van der Waals surface area contributed by atoms with E-state index in [1.807, 2.05) is 0 Å². The van der Waals surface area contributed by atoms with Crippen LogP contribution in [-0.2, 0) is 24.8 Å². The number of thioether (sulfide) groups is 1. The lowest BCUT2D eigenvalue weighted by atomic mass is 9.90. The molecule has 4 rings (SSSR count). The van der Waals surface area contributed by atoms with Crippen molar-refractivity contribution < 1.29 is 4.74 Å². The van der Waals surface area contributed by atoms with Crippen LogP contribution in [0.3, 0.4) is 0 Å². The van der Waals surface area contributed by atoms with Crippen molar-refractivity contribution in [1.82, 2.24) is 19.2 Å². The SMILES string of the molecule is CCCCCCSc1nnc2n(C)c(=O)c3c4c(sc3n12)CO[C@@](C)(CC)C4. The van der Waals surface area contributed by atoms with E-state index in [0.29, 0.717) is 12.4 Å². The van der Waals surface area contributed by atoms with Crippen LogP contribution in [0.5, 0.6) is 0 Å². The van der Waals surface area contributed by atoms with Gasteiger partial charge in [-0.3, -0.25) is 9.36 Å². The molecule has 0 saturated heterocycles. The highest BCUT2D eigenvalue weighted by Gasteiger charge is 2.33. The van der Waals surface area contributed by atoms with Gasteiger partial charge >= 0.3 is 0 Å². The van der Waals surface area contributed by atoms with Crippen LogP contribution in [0.2, 0.25) is 0 Å². The van der Waals surface area contributed by atoms with Gasteiger partial charge in [-0.25, -0.2) is 4.40 Å².